The summed E-state index contributed by atoms with van der Waals surface area (Å²) in [7, 11) is 0. The van der Waals surface area contributed by atoms with Gasteiger partial charge in [0.05, 0.1) is 0 Å². The number of hydrogen-bond donors (Lipinski definition) is 2. The molecule has 7 heteroatoms. The van der Waals surface area contributed by atoms with E-state index in [-0.39, 0.29) is 23.4 Å². The van der Waals surface area contributed by atoms with Gasteiger partial charge in [0.25, 0.3) is 5.56 Å². The summed E-state index contributed by atoms with van der Waals surface area (Å²) in [6, 6.07) is 2.20. The maximum absolute atomic E-state index is 12.3. The molecule has 0 aromatic carbocycles. The highest BCUT2D eigenvalue weighted by Gasteiger charge is 2.16. The Morgan fingerprint density at radius 1 is 1.21 bits per heavy atom. The molecule has 0 bridgehead atoms. The van der Waals surface area contributed by atoms with Crippen LogP contribution in [-0.2, 0) is 4.79 Å². The normalized spacial score (nSPS) is 14.8. The summed E-state index contributed by atoms with van der Waals surface area (Å²) in [6.45, 7) is 9.48. The topological polar surface area (TPSA) is 103 Å². The molecule has 0 aliphatic heterocycles. The second-order valence-corrected chi connectivity index (χ2v) is 8.10. The molecule has 2 heterocycles. The maximum atomic E-state index is 12.3. The van der Waals surface area contributed by atoms with Gasteiger partial charge in [0.15, 0.2) is 0 Å². The van der Waals surface area contributed by atoms with Crippen molar-refractivity contribution in [1.82, 2.24) is 14.5 Å². The van der Waals surface area contributed by atoms with Gasteiger partial charge >= 0.3 is 0 Å². The van der Waals surface area contributed by atoms with Crippen LogP contribution >= 0.6 is 0 Å². The van der Waals surface area contributed by atoms with Crippen molar-refractivity contribution in [1.29, 1.82) is 0 Å². The molecule has 1 aliphatic carbocycles. The van der Waals surface area contributed by atoms with Crippen molar-refractivity contribution in [3.63, 3.8) is 0 Å². The van der Waals surface area contributed by atoms with Gasteiger partial charge < -0.3 is 11.1 Å². The molecule has 1 aliphatic rings. The van der Waals surface area contributed by atoms with Gasteiger partial charge in [-0.15, -0.1) is 0 Å². The molecule has 2 aromatic heterocycles. The smallest absolute Gasteiger partial charge is 0.252 e. The Morgan fingerprint density at radius 2 is 1.82 bits per heavy atom. The lowest BCUT2D eigenvalue weighted by Crippen LogP contribution is -2.25. The highest BCUT2D eigenvalue weighted by atomic mass is 16.1. The SMILES string of the molecule is CC(C)C(N)=O.Cc1cc(=O)n(C(C)C)c2nc(NC3CCCCC3)ncc12. The number of nitrogens with one attached hydrogen (secondary N) is 1. The molecule has 3 rings (SSSR count). The lowest BCUT2D eigenvalue weighted by atomic mass is 9.96. The zero-order valence-electron chi connectivity index (χ0n) is 17.7. The minimum Gasteiger partial charge on any atom is -0.369 e. The number of nitrogens with zero attached hydrogens (tertiary/aromatic N) is 3. The van der Waals surface area contributed by atoms with Crippen LogP contribution in [0.4, 0.5) is 5.95 Å². The molecule has 3 N–H and O–H groups in total. The summed E-state index contributed by atoms with van der Waals surface area (Å²) in [5.74, 6) is 0.388. The molecule has 0 unspecified atom stereocenters. The quantitative estimate of drug-likeness (QED) is 0.835. The van der Waals surface area contributed by atoms with E-state index < -0.39 is 0 Å². The van der Waals surface area contributed by atoms with E-state index >= 15 is 0 Å². The fraction of sp³-hybridized carbons (Fsp3) is 0.619. The fourth-order valence-electron chi connectivity index (χ4n) is 3.27. The number of anilines is 1. The van der Waals surface area contributed by atoms with Crippen molar-refractivity contribution in [2.24, 2.45) is 11.7 Å². The molecule has 0 saturated heterocycles. The van der Waals surface area contributed by atoms with Crippen LogP contribution in [0.1, 0.15) is 71.4 Å². The summed E-state index contributed by atoms with van der Waals surface area (Å²) < 4.78 is 1.75. The van der Waals surface area contributed by atoms with E-state index in [2.05, 4.69) is 15.3 Å². The summed E-state index contributed by atoms with van der Waals surface area (Å²) in [4.78, 5) is 31.3. The van der Waals surface area contributed by atoms with Crippen molar-refractivity contribution in [2.45, 2.75) is 78.8 Å². The molecule has 0 radical (unpaired) electrons. The molecule has 0 spiro atoms. The average Bonchev–Trinajstić information content (AvgIpc) is 2.62. The van der Waals surface area contributed by atoms with Gasteiger partial charge in [-0.25, -0.2) is 4.98 Å². The van der Waals surface area contributed by atoms with E-state index in [0.29, 0.717) is 12.0 Å². The standard InChI is InChI=1S/C17H24N4O.C4H9NO/c1-11(2)21-15(22)9-12(3)14-10-18-17(20-16(14)21)19-13-7-5-4-6-8-13;1-3(2)4(5)6/h9-11,13H,4-8H2,1-3H3,(H,18,19,20);3H,1-2H3,(H2,5,6). The van der Waals surface area contributed by atoms with Crippen LogP contribution in [0.25, 0.3) is 11.0 Å². The predicted molar refractivity (Wildman–Crippen MR) is 113 cm³/mol. The molecule has 2 aromatic rings. The number of carbonyl (C=O) groups is 1. The molecular formula is C21H33N5O2. The lowest BCUT2D eigenvalue weighted by Gasteiger charge is -2.23. The third-order valence-corrected chi connectivity index (χ3v) is 5.02. The molecule has 28 heavy (non-hydrogen) atoms. The summed E-state index contributed by atoms with van der Waals surface area (Å²) in [5.41, 5.74) is 6.46. The Bertz CT molecular complexity index is 867. The van der Waals surface area contributed by atoms with E-state index in [9.17, 15) is 9.59 Å². The first kappa shape index (κ1) is 21.9. The number of hydrogen-bond acceptors (Lipinski definition) is 5. The van der Waals surface area contributed by atoms with Gasteiger partial charge in [-0.05, 0) is 39.2 Å². The van der Waals surface area contributed by atoms with Gasteiger partial charge in [0.1, 0.15) is 5.65 Å². The van der Waals surface area contributed by atoms with Crippen LogP contribution < -0.4 is 16.6 Å². The molecule has 1 saturated carbocycles. The van der Waals surface area contributed by atoms with Crippen molar-refractivity contribution in [3.05, 3.63) is 28.2 Å². The first-order valence-electron chi connectivity index (χ1n) is 10.2. The van der Waals surface area contributed by atoms with Gasteiger partial charge in [0.2, 0.25) is 11.9 Å². The molecule has 0 atom stereocenters. The molecule has 7 nitrogen and oxygen atoms in total. The summed E-state index contributed by atoms with van der Waals surface area (Å²) in [5, 5.41) is 4.39. The van der Waals surface area contributed by atoms with Crippen LogP contribution in [0.3, 0.4) is 0 Å². The number of pyridine rings is 1. The highest BCUT2D eigenvalue weighted by Crippen LogP contribution is 2.22. The first-order valence-corrected chi connectivity index (χ1v) is 10.2. The van der Waals surface area contributed by atoms with Crippen molar-refractivity contribution in [3.8, 4) is 0 Å². The second-order valence-electron chi connectivity index (χ2n) is 8.10. The fourth-order valence-corrected chi connectivity index (χ4v) is 3.27. The Morgan fingerprint density at radius 3 is 2.36 bits per heavy atom. The monoisotopic (exact) mass is 387 g/mol. The van der Waals surface area contributed by atoms with Crippen LogP contribution in [0.2, 0.25) is 0 Å². The Balaban J connectivity index is 0.000000409. The summed E-state index contributed by atoms with van der Waals surface area (Å²) in [6.07, 6.45) is 8.03. The van der Waals surface area contributed by atoms with E-state index in [1.165, 1.54) is 32.1 Å². The van der Waals surface area contributed by atoms with Crippen molar-refractivity contribution in [2.75, 3.05) is 5.32 Å². The van der Waals surface area contributed by atoms with Crippen LogP contribution in [0.15, 0.2) is 17.1 Å². The van der Waals surface area contributed by atoms with Crippen LogP contribution in [-0.4, -0.2) is 26.5 Å². The molecule has 1 fully saturated rings. The van der Waals surface area contributed by atoms with E-state index in [0.717, 1.165) is 16.6 Å². The molecular weight excluding hydrogens is 354 g/mol. The minimum absolute atomic E-state index is 0.00214. The largest absolute Gasteiger partial charge is 0.369 e. The second kappa shape index (κ2) is 9.66. The minimum atomic E-state index is -0.241. The summed E-state index contributed by atoms with van der Waals surface area (Å²) >= 11 is 0. The maximum Gasteiger partial charge on any atom is 0.252 e. The van der Waals surface area contributed by atoms with Gasteiger partial charge in [-0.3, -0.25) is 14.2 Å². The Kier molecular flexibility index (Phi) is 7.54. The number of rotatable bonds is 4. The van der Waals surface area contributed by atoms with E-state index in [1.54, 1.807) is 24.5 Å². The van der Waals surface area contributed by atoms with Crippen molar-refractivity contribution < 1.29 is 4.79 Å². The third-order valence-electron chi connectivity index (χ3n) is 5.02. The van der Waals surface area contributed by atoms with Gasteiger partial charge in [-0.2, -0.15) is 4.98 Å². The van der Waals surface area contributed by atoms with E-state index in [4.69, 9.17) is 5.73 Å². The van der Waals surface area contributed by atoms with Crippen LogP contribution in [0, 0.1) is 12.8 Å². The number of amides is 1. The Labute approximate surface area is 166 Å². The zero-order chi connectivity index (χ0) is 20.8. The number of carbonyl (C=O) groups excluding carboxylic acids is 1. The number of nitrogens with two attached hydrogens (primary N) is 1. The van der Waals surface area contributed by atoms with E-state index in [1.807, 2.05) is 27.0 Å². The number of aryl methyl sites for hydroxylation is 1. The third kappa shape index (κ3) is 5.53. The average molecular weight is 388 g/mol. The molecule has 1 amide bonds. The zero-order valence-corrected chi connectivity index (χ0v) is 17.7. The van der Waals surface area contributed by atoms with Gasteiger partial charge in [0, 0.05) is 35.7 Å². The van der Waals surface area contributed by atoms with Crippen molar-refractivity contribution >= 4 is 22.9 Å². The predicted octanol–water partition coefficient (Wildman–Crippen LogP) is 3.55. The van der Waals surface area contributed by atoms with Crippen LogP contribution in [0.5, 0.6) is 0 Å². The Hall–Kier alpha value is -2.44. The highest BCUT2D eigenvalue weighted by molar-refractivity contribution is 5.79. The lowest BCUT2D eigenvalue weighted by molar-refractivity contribution is -0.120. The molecule has 154 valence electrons. The number of fused-ring (bicyclic) bond motifs is 1. The number of aromatic nitrogens is 3. The first-order chi connectivity index (χ1) is 13.2. The number of primary amides is 1. The van der Waals surface area contributed by atoms with Gasteiger partial charge in [-0.1, -0.05) is 33.1 Å².